The molecule has 1 atom stereocenters. The van der Waals surface area contributed by atoms with E-state index in [0.29, 0.717) is 12.4 Å². The summed E-state index contributed by atoms with van der Waals surface area (Å²) in [6, 6.07) is 1.92. The molecule has 28 heavy (non-hydrogen) atoms. The third kappa shape index (κ3) is 3.81. The molecule has 0 spiro atoms. The van der Waals surface area contributed by atoms with Gasteiger partial charge in [-0.1, -0.05) is 19.0 Å². The normalized spacial score (nSPS) is 20.9. The molecule has 4 heterocycles. The highest BCUT2D eigenvalue weighted by atomic mass is 16.5. The number of nitrogens with zero attached hydrogens (tertiary/aromatic N) is 4. The number of hydrogen-bond donors (Lipinski definition) is 0. The van der Waals surface area contributed by atoms with Gasteiger partial charge in [0.25, 0.3) is 5.91 Å². The number of ether oxygens (including phenoxy) is 1. The van der Waals surface area contributed by atoms with Crippen molar-refractivity contribution in [3.63, 3.8) is 0 Å². The summed E-state index contributed by atoms with van der Waals surface area (Å²) >= 11 is 0. The average molecular weight is 384 g/mol. The van der Waals surface area contributed by atoms with Crippen LogP contribution >= 0.6 is 0 Å². The molecule has 2 aromatic rings. The van der Waals surface area contributed by atoms with Crippen molar-refractivity contribution >= 4 is 5.91 Å². The topological polar surface area (TPSA) is 81.4 Å². The fourth-order valence-electron chi connectivity index (χ4n) is 4.06. The lowest BCUT2D eigenvalue weighted by atomic mass is 9.94. The molecule has 0 unspecified atom stereocenters. The predicted molar refractivity (Wildman–Crippen MR) is 104 cm³/mol. The van der Waals surface area contributed by atoms with Gasteiger partial charge in [-0.25, -0.2) is 9.97 Å². The molecule has 7 nitrogen and oxygen atoms in total. The number of likely N-dealkylation sites (tertiary alicyclic amines) is 1. The molecule has 2 aliphatic heterocycles. The van der Waals surface area contributed by atoms with Crippen molar-refractivity contribution in [1.29, 1.82) is 0 Å². The first-order chi connectivity index (χ1) is 13.5. The molecule has 2 aromatic heterocycles. The van der Waals surface area contributed by atoms with Crippen LogP contribution in [-0.4, -0.2) is 51.7 Å². The van der Waals surface area contributed by atoms with Gasteiger partial charge < -0.3 is 14.2 Å². The standard InChI is InChI=1S/C21H28N4O3/c1-13(2)19-16(18-11-14(3)24-28-18)12-22-20(23-19)15-6-8-25(9-7-15)21(26)17-5-4-10-27-17/h11-13,15,17H,4-10H2,1-3H3/t17-/m0/s1. The predicted octanol–water partition coefficient (Wildman–Crippen LogP) is 3.45. The third-order valence-electron chi connectivity index (χ3n) is 5.65. The molecule has 7 heteroatoms. The van der Waals surface area contributed by atoms with Crippen LogP contribution in [0.3, 0.4) is 0 Å². The zero-order valence-electron chi connectivity index (χ0n) is 16.9. The Hall–Kier alpha value is -2.28. The summed E-state index contributed by atoms with van der Waals surface area (Å²) in [6.07, 6.45) is 5.23. The number of carbonyl (C=O) groups is 1. The van der Waals surface area contributed by atoms with Gasteiger partial charge in [-0.2, -0.15) is 0 Å². The second kappa shape index (κ2) is 7.99. The highest BCUT2D eigenvalue weighted by molar-refractivity contribution is 5.81. The van der Waals surface area contributed by atoms with Gasteiger partial charge in [-0.3, -0.25) is 4.79 Å². The van der Waals surface area contributed by atoms with E-state index in [1.54, 1.807) is 0 Å². The van der Waals surface area contributed by atoms with Crippen molar-refractivity contribution < 1.29 is 14.1 Å². The second-order valence-electron chi connectivity index (χ2n) is 8.12. The minimum absolute atomic E-state index is 0.149. The molecule has 0 aliphatic carbocycles. The quantitative estimate of drug-likeness (QED) is 0.803. The second-order valence-corrected chi connectivity index (χ2v) is 8.12. The number of rotatable bonds is 4. The average Bonchev–Trinajstić information content (AvgIpc) is 3.39. The fraction of sp³-hybridized carbons (Fsp3) is 0.619. The van der Waals surface area contributed by atoms with Gasteiger partial charge in [0.15, 0.2) is 5.76 Å². The zero-order chi connectivity index (χ0) is 19.7. The van der Waals surface area contributed by atoms with Gasteiger partial charge in [0.05, 0.1) is 17.0 Å². The molecule has 1 amide bonds. The molecule has 150 valence electrons. The van der Waals surface area contributed by atoms with Gasteiger partial charge >= 0.3 is 0 Å². The van der Waals surface area contributed by atoms with E-state index in [2.05, 4.69) is 24.0 Å². The van der Waals surface area contributed by atoms with E-state index >= 15 is 0 Å². The Kier molecular flexibility index (Phi) is 5.44. The van der Waals surface area contributed by atoms with Crippen LogP contribution in [0, 0.1) is 6.92 Å². The number of aromatic nitrogens is 3. The van der Waals surface area contributed by atoms with Crippen molar-refractivity contribution in [2.75, 3.05) is 19.7 Å². The van der Waals surface area contributed by atoms with E-state index in [9.17, 15) is 4.79 Å². The van der Waals surface area contributed by atoms with E-state index in [1.165, 1.54) is 0 Å². The van der Waals surface area contributed by atoms with Gasteiger partial charge in [-0.05, 0) is 38.5 Å². The van der Waals surface area contributed by atoms with Crippen LogP contribution in [0.15, 0.2) is 16.8 Å². The van der Waals surface area contributed by atoms with Crippen LogP contribution in [0.4, 0.5) is 0 Å². The molecule has 0 saturated carbocycles. The Labute approximate surface area is 165 Å². The lowest BCUT2D eigenvalue weighted by molar-refractivity contribution is -0.142. The first-order valence-electron chi connectivity index (χ1n) is 10.2. The molecular formula is C21H28N4O3. The van der Waals surface area contributed by atoms with Crippen LogP contribution in [0.25, 0.3) is 11.3 Å². The molecule has 2 aliphatic rings. The smallest absolute Gasteiger partial charge is 0.251 e. The number of aryl methyl sites for hydroxylation is 1. The molecule has 0 radical (unpaired) electrons. The largest absolute Gasteiger partial charge is 0.368 e. The van der Waals surface area contributed by atoms with Gasteiger partial charge in [0.2, 0.25) is 0 Å². The van der Waals surface area contributed by atoms with Gasteiger partial charge in [0, 0.05) is 37.9 Å². The first kappa shape index (κ1) is 19.1. The van der Waals surface area contributed by atoms with Crippen LogP contribution < -0.4 is 0 Å². The summed E-state index contributed by atoms with van der Waals surface area (Å²) in [5, 5.41) is 3.98. The number of carbonyl (C=O) groups excluding carboxylic acids is 1. The summed E-state index contributed by atoms with van der Waals surface area (Å²) in [5.74, 6) is 2.26. The minimum Gasteiger partial charge on any atom is -0.368 e. The molecule has 0 aromatic carbocycles. The maximum atomic E-state index is 12.5. The Bertz CT molecular complexity index is 834. The highest BCUT2D eigenvalue weighted by Gasteiger charge is 2.32. The number of amides is 1. The summed E-state index contributed by atoms with van der Waals surface area (Å²) < 4.78 is 11.0. The van der Waals surface area contributed by atoms with E-state index in [0.717, 1.165) is 61.5 Å². The van der Waals surface area contributed by atoms with Crippen LogP contribution in [-0.2, 0) is 9.53 Å². The lowest BCUT2D eigenvalue weighted by Gasteiger charge is -2.33. The Morgan fingerprint density at radius 3 is 2.64 bits per heavy atom. The summed E-state index contributed by atoms with van der Waals surface area (Å²) in [5.41, 5.74) is 2.74. The van der Waals surface area contributed by atoms with E-state index in [1.807, 2.05) is 24.1 Å². The Morgan fingerprint density at radius 2 is 2.04 bits per heavy atom. The SMILES string of the molecule is Cc1cc(-c2cnc(C3CCN(C(=O)[C@@H]4CCCO4)CC3)nc2C(C)C)on1. The Morgan fingerprint density at radius 1 is 1.25 bits per heavy atom. The molecule has 2 fully saturated rings. The molecular weight excluding hydrogens is 356 g/mol. The van der Waals surface area contributed by atoms with Crippen LogP contribution in [0.1, 0.15) is 68.6 Å². The van der Waals surface area contributed by atoms with Crippen molar-refractivity contribution in [2.24, 2.45) is 0 Å². The van der Waals surface area contributed by atoms with Crippen LogP contribution in [0.5, 0.6) is 0 Å². The van der Waals surface area contributed by atoms with E-state index in [4.69, 9.17) is 14.2 Å². The first-order valence-corrected chi connectivity index (χ1v) is 10.2. The van der Waals surface area contributed by atoms with Crippen molar-refractivity contribution in [3.8, 4) is 11.3 Å². The van der Waals surface area contributed by atoms with Crippen molar-refractivity contribution in [3.05, 3.63) is 29.5 Å². The highest BCUT2D eigenvalue weighted by Crippen LogP contribution is 2.32. The maximum Gasteiger partial charge on any atom is 0.251 e. The van der Waals surface area contributed by atoms with E-state index < -0.39 is 0 Å². The minimum atomic E-state index is -0.231. The van der Waals surface area contributed by atoms with Gasteiger partial charge in [-0.15, -0.1) is 0 Å². The molecule has 0 N–H and O–H groups in total. The lowest BCUT2D eigenvalue weighted by Crippen LogP contribution is -2.43. The monoisotopic (exact) mass is 384 g/mol. The fourth-order valence-corrected chi connectivity index (χ4v) is 4.06. The number of piperidine rings is 1. The van der Waals surface area contributed by atoms with Crippen molar-refractivity contribution in [1.82, 2.24) is 20.0 Å². The molecule has 2 saturated heterocycles. The summed E-state index contributed by atoms with van der Waals surface area (Å²) in [4.78, 5) is 24.0. The van der Waals surface area contributed by atoms with E-state index in [-0.39, 0.29) is 23.8 Å². The molecule has 4 rings (SSSR count). The molecule has 0 bridgehead atoms. The summed E-state index contributed by atoms with van der Waals surface area (Å²) in [6.45, 7) is 8.35. The van der Waals surface area contributed by atoms with Gasteiger partial charge in [0.1, 0.15) is 11.9 Å². The third-order valence-corrected chi connectivity index (χ3v) is 5.65. The van der Waals surface area contributed by atoms with Crippen LogP contribution in [0.2, 0.25) is 0 Å². The number of hydrogen-bond acceptors (Lipinski definition) is 6. The Balaban J connectivity index is 1.47. The van der Waals surface area contributed by atoms with Crippen molar-refractivity contribution in [2.45, 2.75) is 64.4 Å². The zero-order valence-corrected chi connectivity index (χ0v) is 16.9. The summed E-state index contributed by atoms with van der Waals surface area (Å²) in [7, 11) is 0. The maximum absolute atomic E-state index is 12.5.